The van der Waals surface area contributed by atoms with E-state index in [0.29, 0.717) is 6.04 Å². The van der Waals surface area contributed by atoms with Crippen LogP contribution in [0.4, 0.5) is 0 Å². The standard InChI is InChI=1S/C17H32N4/c1-5-18-15(14-16-19-12-13-21(16)6-2)17(20(3)4)10-8-7-9-11-17/h12-13,15,18H,5-11,14H2,1-4H3. The van der Waals surface area contributed by atoms with Gasteiger partial charge in [0.25, 0.3) is 0 Å². The average molecular weight is 292 g/mol. The summed E-state index contributed by atoms with van der Waals surface area (Å²) < 4.78 is 2.27. The van der Waals surface area contributed by atoms with Crippen molar-refractivity contribution in [3.63, 3.8) is 0 Å². The van der Waals surface area contributed by atoms with Gasteiger partial charge >= 0.3 is 0 Å². The smallest absolute Gasteiger partial charge is 0.110 e. The number of hydrogen-bond acceptors (Lipinski definition) is 3. The van der Waals surface area contributed by atoms with Crippen LogP contribution in [0.25, 0.3) is 0 Å². The second-order valence-electron chi connectivity index (χ2n) is 6.50. The van der Waals surface area contributed by atoms with Gasteiger partial charge in [0, 0.05) is 36.9 Å². The lowest BCUT2D eigenvalue weighted by Gasteiger charge is -2.49. The predicted molar refractivity (Wildman–Crippen MR) is 88.6 cm³/mol. The van der Waals surface area contributed by atoms with Crippen LogP contribution in [0, 0.1) is 0 Å². The molecule has 1 saturated carbocycles. The van der Waals surface area contributed by atoms with E-state index >= 15 is 0 Å². The second kappa shape index (κ2) is 7.41. The minimum atomic E-state index is 0.277. The molecule has 0 saturated heterocycles. The van der Waals surface area contributed by atoms with Gasteiger partial charge in [0.1, 0.15) is 5.82 Å². The average Bonchev–Trinajstić information content (AvgIpc) is 2.94. The molecule has 4 nitrogen and oxygen atoms in total. The molecule has 1 fully saturated rings. The third kappa shape index (κ3) is 3.49. The number of hydrogen-bond donors (Lipinski definition) is 1. The topological polar surface area (TPSA) is 33.1 Å². The van der Waals surface area contributed by atoms with E-state index in [1.54, 1.807) is 0 Å². The number of rotatable bonds is 7. The molecule has 0 amide bonds. The zero-order chi connectivity index (χ0) is 15.3. The van der Waals surface area contributed by atoms with Crippen LogP contribution in [0.1, 0.15) is 51.8 Å². The Morgan fingerprint density at radius 3 is 2.57 bits per heavy atom. The molecule has 1 aromatic heterocycles. The van der Waals surface area contributed by atoms with Crippen LogP contribution in [0.5, 0.6) is 0 Å². The summed E-state index contributed by atoms with van der Waals surface area (Å²) in [5, 5.41) is 3.77. The van der Waals surface area contributed by atoms with Gasteiger partial charge in [-0.05, 0) is 40.4 Å². The lowest BCUT2D eigenvalue weighted by molar-refractivity contribution is 0.0564. The maximum absolute atomic E-state index is 4.60. The van der Waals surface area contributed by atoms with Gasteiger partial charge in [-0.3, -0.25) is 0 Å². The van der Waals surface area contributed by atoms with E-state index in [2.05, 4.69) is 53.9 Å². The Bertz CT molecular complexity index is 418. The van der Waals surface area contributed by atoms with Gasteiger partial charge in [0.2, 0.25) is 0 Å². The number of nitrogens with one attached hydrogen (secondary N) is 1. The number of likely N-dealkylation sites (N-methyl/N-ethyl adjacent to an activating group) is 2. The van der Waals surface area contributed by atoms with E-state index in [4.69, 9.17) is 0 Å². The summed E-state index contributed by atoms with van der Waals surface area (Å²) in [6.07, 6.45) is 11.7. The van der Waals surface area contributed by atoms with E-state index in [-0.39, 0.29) is 5.54 Å². The van der Waals surface area contributed by atoms with Crippen molar-refractivity contribution in [3.8, 4) is 0 Å². The van der Waals surface area contributed by atoms with E-state index in [1.807, 2.05) is 6.20 Å². The number of imidazole rings is 1. The normalized spacial score (nSPS) is 19.9. The zero-order valence-electron chi connectivity index (χ0n) is 14.2. The molecule has 120 valence electrons. The van der Waals surface area contributed by atoms with Crippen molar-refractivity contribution in [3.05, 3.63) is 18.2 Å². The Hall–Kier alpha value is -0.870. The van der Waals surface area contributed by atoms with Crippen molar-refractivity contribution in [2.45, 2.75) is 70.5 Å². The Morgan fingerprint density at radius 1 is 1.29 bits per heavy atom. The summed E-state index contributed by atoms with van der Waals surface area (Å²) in [5.41, 5.74) is 0.277. The molecule has 0 spiro atoms. The first-order valence-corrected chi connectivity index (χ1v) is 8.55. The molecule has 1 aliphatic rings. The predicted octanol–water partition coefficient (Wildman–Crippen LogP) is 2.69. The highest BCUT2D eigenvalue weighted by molar-refractivity contribution is 5.06. The molecule has 0 bridgehead atoms. The summed E-state index contributed by atoms with van der Waals surface area (Å²) in [6.45, 7) is 6.43. The van der Waals surface area contributed by atoms with Gasteiger partial charge in [0.15, 0.2) is 0 Å². The third-order valence-electron chi connectivity index (χ3n) is 5.24. The van der Waals surface area contributed by atoms with Crippen LogP contribution in [0.3, 0.4) is 0 Å². The minimum Gasteiger partial charge on any atom is -0.335 e. The van der Waals surface area contributed by atoms with Crippen molar-refractivity contribution in [1.29, 1.82) is 0 Å². The Morgan fingerprint density at radius 2 is 2.00 bits per heavy atom. The molecule has 1 unspecified atom stereocenters. The molecule has 1 atom stereocenters. The maximum atomic E-state index is 4.60. The first kappa shape index (κ1) is 16.5. The molecule has 1 aliphatic carbocycles. The SMILES string of the molecule is CCNC(Cc1nccn1CC)C1(N(C)C)CCCCC1. The molecule has 1 aromatic rings. The highest BCUT2D eigenvalue weighted by Gasteiger charge is 2.41. The molecule has 2 rings (SSSR count). The van der Waals surface area contributed by atoms with Gasteiger partial charge in [0.05, 0.1) is 0 Å². The summed E-state index contributed by atoms with van der Waals surface area (Å²) in [7, 11) is 4.50. The fourth-order valence-corrected chi connectivity index (χ4v) is 3.97. The Kier molecular flexibility index (Phi) is 5.82. The summed E-state index contributed by atoms with van der Waals surface area (Å²) in [6, 6.07) is 0.477. The monoisotopic (exact) mass is 292 g/mol. The quantitative estimate of drug-likeness (QED) is 0.839. The fourth-order valence-electron chi connectivity index (χ4n) is 3.97. The Balaban J connectivity index is 2.23. The molecule has 0 aromatic carbocycles. The summed E-state index contributed by atoms with van der Waals surface area (Å²) >= 11 is 0. The van der Waals surface area contributed by atoms with Crippen LogP contribution in [-0.4, -0.2) is 46.7 Å². The number of aryl methyl sites for hydroxylation is 1. The van der Waals surface area contributed by atoms with Crippen molar-refractivity contribution < 1.29 is 0 Å². The summed E-state index contributed by atoms with van der Waals surface area (Å²) in [5.74, 6) is 1.22. The van der Waals surface area contributed by atoms with Gasteiger partial charge < -0.3 is 14.8 Å². The largest absolute Gasteiger partial charge is 0.335 e. The molecular weight excluding hydrogens is 260 g/mol. The molecule has 1 heterocycles. The highest BCUT2D eigenvalue weighted by Crippen LogP contribution is 2.36. The van der Waals surface area contributed by atoms with Crippen LogP contribution in [0.2, 0.25) is 0 Å². The Labute approximate surface area is 129 Å². The zero-order valence-corrected chi connectivity index (χ0v) is 14.2. The van der Waals surface area contributed by atoms with Crippen LogP contribution in [0.15, 0.2) is 12.4 Å². The van der Waals surface area contributed by atoms with Crippen molar-refractivity contribution in [2.75, 3.05) is 20.6 Å². The van der Waals surface area contributed by atoms with Gasteiger partial charge in [-0.15, -0.1) is 0 Å². The van der Waals surface area contributed by atoms with Crippen LogP contribution >= 0.6 is 0 Å². The van der Waals surface area contributed by atoms with Crippen molar-refractivity contribution in [1.82, 2.24) is 19.8 Å². The lowest BCUT2D eigenvalue weighted by atomic mass is 9.74. The third-order valence-corrected chi connectivity index (χ3v) is 5.24. The molecular formula is C17H32N4. The first-order valence-electron chi connectivity index (χ1n) is 8.55. The van der Waals surface area contributed by atoms with Crippen molar-refractivity contribution >= 4 is 0 Å². The minimum absolute atomic E-state index is 0.277. The van der Waals surface area contributed by atoms with Gasteiger partial charge in [-0.25, -0.2) is 4.98 Å². The van der Waals surface area contributed by atoms with E-state index in [1.165, 1.54) is 37.9 Å². The van der Waals surface area contributed by atoms with Crippen molar-refractivity contribution in [2.24, 2.45) is 0 Å². The van der Waals surface area contributed by atoms with Gasteiger partial charge in [-0.1, -0.05) is 26.2 Å². The molecule has 0 aliphatic heterocycles. The maximum Gasteiger partial charge on any atom is 0.110 e. The molecule has 1 N–H and O–H groups in total. The number of aromatic nitrogens is 2. The van der Waals surface area contributed by atoms with E-state index in [0.717, 1.165) is 19.5 Å². The lowest BCUT2D eigenvalue weighted by Crippen LogP contribution is -2.61. The van der Waals surface area contributed by atoms with Gasteiger partial charge in [-0.2, -0.15) is 0 Å². The first-order chi connectivity index (χ1) is 10.1. The van der Waals surface area contributed by atoms with E-state index < -0.39 is 0 Å². The van der Waals surface area contributed by atoms with Crippen LogP contribution in [-0.2, 0) is 13.0 Å². The molecule has 4 heteroatoms. The van der Waals surface area contributed by atoms with Crippen LogP contribution < -0.4 is 5.32 Å². The highest BCUT2D eigenvalue weighted by atomic mass is 15.2. The molecule has 0 radical (unpaired) electrons. The van der Waals surface area contributed by atoms with E-state index in [9.17, 15) is 0 Å². The number of nitrogens with zero attached hydrogens (tertiary/aromatic N) is 3. The summed E-state index contributed by atoms with van der Waals surface area (Å²) in [4.78, 5) is 7.07. The second-order valence-corrected chi connectivity index (χ2v) is 6.50. The fraction of sp³-hybridized carbons (Fsp3) is 0.824. The molecule has 21 heavy (non-hydrogen) atoms.